The van der Waals surface area contributed by atoms with Gasteiger partial charge in [0, 0.05) is 35.5 Å². The van der Waals surface area contributed by atoms with Crippen LogP contribution >= 0.6 is 0 Å². The van der Waals surface area contributed by atoms with Gasteiger partial charge in [0.1, 0.15) is 5.75 Å². The zero-order valence-electron chi connectivity index (χ0n) is 18.8. The van der Waals surface area contributed by atoms with Crippen molar-refractivity contribution >= 4 is 17.7 Å². The van der Waals surface area contributed by atoms with Crippen LogP contribution < -0.4 is 10.1 Å². The molecule has 6 nitrogen and oxygen atoms in total. The minimum Gasteiger partial charge on any atom is -0.493 e. The number of nitrogens with one attached hydrogen (secondary N) is 1. The first-order valence-electron chi connectivity index (χ1n) is 10.6. The molecule has 1 amide bonds. The molecule has 1 N–H and O–H groups in total. The summed E-state index contributed by atoms with van der Waals surface area (Å²) in [6.45, 7) is 7.19. The summed E-state index contributed by atoms with van der Waals surface area (Å²) in [6.07, 6.45) is 4.46. The maximum Gasteiger partial charge on any atom is 0.248 e. The van der Waals surface area contributed by atoms with E-state index in [9.17, 15) is 4.79 Å². The van der Waals surface area contributed by atoms with Crippen LogP contribution in [-0.4, -0.2) is 22.3 Å². The lowest BCUT2D eigenvalue weighted by Crippen LogP contribution is -2.08. The Bertz CT molecular complexity index is 1140. The maximum absolute atomic E-state index is 12.4. The fraction of sp³-hybridized carbons (Fsp3) is 0.269. The molecule has 0 aliphatic heterocycles. The van der Waals surface area contributed by atoms with Crippen LogP contribution in [0.25, 0.3) is 6.08 Å². The minimum absolute atomic E-state index is 0.225. The first kappa shape index (κ1) is 22.8. The molecule has 0 unspecified atom stereocenters. The van der Waals surface area contributed by atoms with Crippen LogP contribution in [0.4, 0.5) is 5.69 Å². The Morgan fingerprint density at radius 3 is 2.72 bits per heavy atom. The third kappa shape index (κ3) is 6.32. The molecule has 0 saturated heterocycles. The van der Waals surface area contributed by atoms with E-state index in [1.807, 2.05) is 36.7 Å². The number of carbonyl (C=O) groups excluding carboxylic acids is 1. The summed E-state index contributed by atoms with van der Waals surface area (Å²) in [6, 6.07) is 17.7. The zero-order chi connectivity index (χ0) is 22.9. The fourth-order valence-corrected chi connectivity index (χ4v) is 3.32. The van der Waals surface area contributed by atoms with Crippen molar-refractivity contribution in [1.29, 1.82) is 5.26 Å². The molecule has 2 aromatic carbocycles. The van der Waals surface area contributed by atoms with E-state index in [4.69, 9.17) is 10.00 Å². The molecule has 0 bridgehead atoms. The number of ether oxygens (including phenoxy) is 1. The Kier molecular flexibility index (Phi) is 7.82. The summed E-state index contributed by atoms with van der Waals surface area (Å²) < 4.78 is 7.58. The normalized spacial score (nSPS) is 10.8. The number of hydrogen-bond acceptors (Lipinski definition) is 4. The van der Waals surface area contributed by atoms with E-state index in [1.165, 1.54) is 17.2 Å². The van der Waals surface area contributed by atoms with Gasteiger partial charge in [-0.05, 0) is 51.0 Å². The number of rotatable bonds is 9. The van der Waals surface area contributed by atoms with Crippen LogP contribution in [0.15, 0.2) is 54.6 Å². The van der Waals surface area contributed by atoms with Crippen molar-refractivity contribution in [2.45, 2.75) is 40.2 Å². The molecule has 0 aliphatic rings. The van der Waals surface area contributed by atoms with Crippen molar-refractivity contribution in [3.8, 4) is 11.8 Å². The number of unbranched alkanes of at least 4 members (excludes halogenated alkanes) is 1. The number of nitrogens with zero attached hydrogens (tertiary/aromatic N) is 3. The molecule has 1 heterocycles. The molecule has 0 aliphatic carbocycles. The minimum atomic E-state index is -0.225. The Morgan fingerprint density at radius 2 is 1.97 bits per heavy atom. The van der Waals surface area contributed by atoms with Gasteiger partial charge in [0.2, 0.25) is 5.91 Å². The first-order chi connectivity index (χ1) is 15.5. The molecule has 3 aromatic rings. The number of carbonyl (C=O) groups is 1. The summed E-state index contributed by atoms with van der Waals surface area (Å²) in [4.78, 5) is 12.4. The lowest BCUT2D eigenvalue weighted by molar-refractivity contribution is -0.111. The number of hydrogen-bond donors (Lipinski definition) is 1. The number of benzene rings is 2. The van der Waals surface area contributed by atoms with Gasteiger partial charge in [0.15, 0.2) is 0 Å². The topological polar surface area (TPSA) is 79.9 Å². The molecule has 0 radical (unpaired) electrons. The standard InChI is InChI=1S/C26H28N4O2/c1-19-9-11-22(12-10-19)18-30-21(3)25(20(2)29-30)13-14-26(31)28-23-7-6-8-24(17-23)32-16-5-4-15-27/h6-14,17H,4-5,16,18H2,1-3H3,(H,28,31)/b14-13+. The van der Waals surface area contributed by atoms with Crippen LogP contribution in [0.1, 0.15) is 40.9 Å². The van der Waals surface area contributed by atoms with Gasteiger partial charge in [0.05, 0.1) is 24.9 Å². The van der Waals surface area contributed by atoms with Gasteiger partial charge in [-0.15, -0.1) is 0 Å². The Labute approximate surface area is 189 Å². The lowest BCUT2D eigenvalue weighted by Gasteiger charge is -2.07. The van der Waals surface area contributed by atoms with Crippen LogP contribution in [0.2, 0.25) is 0 Å². The zero-order valence-corrected chi connectivity index (χ0v) is 18.8. The average Bonchev–Trinajstić information content (AvgIpc) is 3.04. The first-order valence-corrected chi connectivity index (χ1v) is 10.6. The molecule has 3 rings (SSSR count). The number of nitriles is 1. The molecular formula is C26H28N4O2. The Morgan fingerprint density at radius 1 is 1.19 bits per heavy atom. The predicted octanol–water partition coefficient (Wildman–Crippen LogP) is 5.19. The van der Waals surface area contributed by atoms with Crippen molar-refractivity contribution in [3.63, 3.8) is 0 Å². The van der Waals surface area contributed by atoms with Crippen LogP contribution in [0.3, 0.4) is 0 Å². The maximum atomic E-state index is 12.4. The van der Waals surface area contributed by atoms with Crippen molar-refractivity contribution in [1.82, 2.24) is 9.78 Å². The van der Waals surface area contributed by atoms with Gasteiger partial charge >= 0.3 is 0 Å². The second kappa shape index (κ2) is 11.0. The predicted molar refractivity (Wildman–Crippen MR) is 126 cm³/mol. The lowest BCUT2D eigenvalue weighted by atomic mass is 10.1. The summed E-state index contributed by atoms with van der Waals surface area (Å²) in [7, 11) is 0. The van der Waals surface area contributed by atoms with E-state index < -0.39 is 0 Å². The SMILES string of the molecule is Cc1ccc(Cn2nc(C)c(/C=C/C(=O)Nc3cccc(OCCCC#N)c3)c2C)cc1. The van der Waals surface area contributed by atoms with Gasteiger partial charge in [-0.3, -0.25) is 9.48 Å². The molecule has 6 heteroatoms. The average molecular weight is 429 g/mol. The number of aromatic nitrogens is 2. The summed E-state index contributed by atoms with van der Waals surface area (Å²) in [5.74, 6) is 0.436. The van der Waals surface area contributed by atoms with Crippen molar-refractivity contribution in [2.75, 3.05) is 11.9 Å². The third-order valence-electron chi connectivity index (χ3n) is 5.09. The highest BCUT2D eigenvalue weighted by Gasteiger charge is 2.10. The largest absolute Gasteiger partial charge is 0.493 e. The van der Waals surface area contributed by atoms with Gasteiger partial charge in [-0.25, -0.2) is 0 Å². The molecular weight excluding hydrogens is 400 g/mol. The van der Waals surface area contributed by atoms with E-state index in [-0.39, 0.29) is 5.91 Å². The van der Waals surface area contributed by atoms with Crippen LogP contribution in [0.5, 0.6) is 5.75 Å². The summed E-state index contributed by atoms with van der Waals surface area (Å²) in [5, 5.41) is 16.1. The van der Waals surface area contributed by atoms with Crippen molar-refractivity contribution in [3.05, 3.63) is 82.7 Å². The quantitative estimate of drug-likeness (QED) is 0.376. The van der Waals surface area contributed by atoms with Crippen molar-refractivity contribution in [2.24, 2.45) is 0 Å². The van der Waals surface area contributed by atoms with E-state index in [0.717, 1.165) is 17.0 Å². The molecule has 164 valence electrons. The highest BCUT2D eigenvalue weighted by molar-refractivity contribution is 6.02. The van der Waals surface area contributed by atoms with Crippen molar-refractivity contribution < 1.29 is 9.53 Å². The van der Waals surface area contributed by atoms with Crippen LogP contribution in [0, 0.1) is 32.1 Å². The summed E-state index contributed by atoms with van der Waals surface area (Å²) in [5.41, 5.74) is 5.91. The number of anilines is 1. The van der Waals surface area contributed by atoms with Gasteiger partial charge in [0.25, 0.3) is 0 Å². The summed E-state index contributed by atoms with van der Waals surface area (Å²) >= 11 is 0. The number of aryl methyl sites for hydroxylation is 2. The van der Waals surface area contributed by atoms with E-state index in [1.54, 1.807) is 12.1 Å². The molecule has 0 spiro atoms. The molecule has 32 heavy (non-hydrogen) atoms. The van der Waals surface area contributed by atoms with E-state index in [2.05, 4.69) is 47.7 Å². The molecule has 1 aromatic heterocycles. The van der Waals surface area contributed by atoms with Gasteiger partial charge in [-0.1, -0.05) is 35.9 Å². The monoisotopic (exact) mass is 428 g/mol. The fourth-order valence-electron chi connectivity index (χ4n) is 3.32. The Balaban J connectivity index is 1.62. The van der Waals surface area contributed by atoms with E-state index in [0.29, 0.717) is 37.4 Å². The molecule has 0 atom stereocenters. The molecule has 0 saturated carbocycles. The third-order valence-corrected chi connectivity index (χ3v) is 5.09. The van der Waals surface area contributed by atoms with Gasteiger partial charge < -0.3 is 10.1 Å². The highest BCUT2D eigenvalue weighted by atomic mass is 16.5. The van der Waals surface area contributed by atoms with E-state index >= 15 is 0 Å². The molecule has 0 fully saturated rings. The Hall–Kier alpha value is -3.85. The smallest absolute Gasteiger partial charge is 0.248 e. The second-order valence-corrected chi connectivity index (χ2v) is 7.69. The van der Waals surface area contributed by atoms with Gasteiger partial charge in [-0.2, -0.15) is 10.4 Å². The highest BCUT2D eigenvalue weighted by Crippen LogP contribution is 2.19. The van der Waals surface area contributed by atoms with Crippen LogP contribution in [-0.2, 0) is 11.3 Å². The number of amides is 1. The second-order valence-electron chi connectivity index (χ2n) is 7.69.